The average molecular weight is 340 g/mol. The van der Waals surface area contributed by atoms with Crippen molar-refractivity contribution in [3.05, 3.63) is 64.8 Å². The van der Waals surface area contributed by atoms with Gasteiger partial charge in [-0.25, -0.2) is 0 Å². The number of anilines is 2. The Kier molecular flexibility index (Phi) is 4.49. The lowest BCUT2D eigenvalue weighted by molar-refractivity contribution is 0.691. The van der Waals surface area contributed by atoms with Gasteiger partial charge in [0.1, 0.15) is 7.85 Å². The van der Waals surface area contributed by atoms with E-state index in [9.17, 15) is 0 Å². The van der Waals surface area contributed by atoms with Crippen molar-refractivity contribution in [1.29, 1.82) is 0 Å². The maximum Gasteiger partial charge on any atom is 0.139 e. The first-order valence-corrected chi connectivity index (χ1v) is 8.35. The summed E-state index contributed by atoms with van der Waals surface area (Å²) in [5.74, 6) is 0. The van der Waals surface area contributed by atoms with E-state index in [1.807, 2.05) is 0 Å². The predicted octanol–water partition coefficient (Wildman–Crippen LogP) is 4.30. The minimum Gasteiger partial charge on any atom is -0.315 e. The maximum atomic E-state index is 3.63. The van der Waals surface area contributed by atoms with E-state index in [1.54, 1.807) is 0 Å². The Morgan fingerprint density at radius 2 is 1.76 bits per heavy atom. The van der Waals surface area contributed by atoms with Gasteiger partial charge in [0.2, 0.25) is 0 Å². The van der Waals surface area contributed by atoms with Crippen LogP contribution in [0.4, 0.5) is 11.4 Å². The lowest BCUT2D eigenvalue weighted by atomic mass is 9.95. The number of hydrogen-bond donors (Lipinski definition) is 0. The highest BCUT2D eigenvalue weighted by Gasteiger charge is 2.16. The van der Waals surface area contributed by atoms with Crippen LogP contribution in [0.3, 0.4) is 0 Å². The van der Waals surface area contributed by atoms with Gasteiger partial charge in [-0.05, 0) is 49.9 Å². The van der Waals surface area contributed by atoms with E-state index in [2.05, 4.69) is 83.3 Å². The standard InChI is InChI=1S/C18H19BBrN/c19-14-11-15(20)13-18(12-14)21(16-7-3-1-4-8-16)17-9-5-2-6-10-17/h1,3-4,7-9,11-13H,2,5-6,10,19H2. The molecule has 1 aliphatic rings. The van der Waals surface area contributed by atoms with Crippen LogP contribution in [0.15, 0.2) is 64.8 Å². The van der Waals surface area contributed by atoms with Crippen molar-refractivity contribution < 1.29 is 0 Å². The first-order chi connectivity index (χ1) is 10.2. The molecule has 0 heterocycles. The summed E-state index contributed by atoms with van der Waals surface area (Å²) in [6.07, 6.45) is 7.32. The van der Waals surface area contributed by atoms with Crippen molar-refractivity contribution in [3.63, 3.8) is 0 Å². The molecular formula is C18H19BBrN. The Hall–Kier alpha value is -1.48. The number of benzene rings is 2. The van der Waals surface area contributed by atoms with Crippen LogP contribution >= 0.6 is 15.9 Å². The molecule has 21 heavy (non-hydrogen) atoms. The molecule has 0 saturated carbocycles. The molecule has 0 N–H and O–H groups in total. The number of halogens is 1. The highest BCUT2D eigenvalue weighted by Crippen LogP contribution is 2.34. The van der Waals surface area contributed by atoms with Crippen LogP contribution in [-0.2, 0) is 0 Å². The summed E-state index contributed by atoms with van der Waals surface area (Å²) in [6, 6.07) is 17.3. The number of hydrogen-bond acceptors (Lipinski definition) is 1. The van der Waals surface area contributed by atoms with E-state index in [-0.39, 0.29) is 0 Å². The van der Waals surface area contributed by atoms with E-state index >= 15 is 0 Å². The molecule has 2 aromatic carbocycles. The zero-order valence-electron chi connectivity index (χ0n) is 12.3. The highest BCUT2D eigenvalue weighted by molar-refractivity contribution is 9.10. The first-order valence-electron chi connectivity index (χ1n) is 7.55. The lowest BCUT2D eigenvalue weighted by Crippen LogP contribution is -2.19. The van der Waals surface area contributed by atoms with E-state index in [0.29, 0.717) is 0 Å². The molecule has 1 aliphatic carbocycles. The molecule has 3 rings (SSSR count). The highest BCUT2D eigenvalue weighted by atomic mass is 79.9. The quantitative estimate of drug-likeness (QED) is 0.753. The summed E-state index contributed by atoms with van der Waals surface area (Å²) >= 11 is 3.63. The Balaban J connectivity index is 2.09. The molecule has 0 unspecified atom stereocenters. The van der Waals surface area contributed by atoms with Gasteiger partial charge in [0.25, 0.3) is 0 Å². The SMILES string of the molecule is Bc1cc(Br)cc(N(C2=CCCCC2)c2ccccc2)c1. The van der Waals surface area contributed by atoms with E-state index < -0.39 is 0 Å². The van der Waals surface area contributed by atoms with Crippen molar-refractivity contribution in [2.75, 3.05) is 4.90 Å². The number of nitrogens with zero attached hydrogens (tertiary/aromatic N) is 1. The molecule has 0 aromatic heterocycles. The van der Waals surface area contributed by atoms with Crippen LogP contribution in [0.5, 0.6) is 0 Å². The molecule has 1 nitrogen and oxygen atoms in total. The van der Waals surface area contributed by atoms with Crippen LogP contribution in [-0.4, -0.2) is 7.85 Å². The van der Waals surface area contributed by atoms with Crippen LogP contribution in [0.1, 0.15) is 25.7 Å². The summed E-state index contributed by atoms with van der Waals surface area (Å²) in [6.45, 7) is 0. The van der Waals surface area contributed by atoms with Crippen LogP contribution in [0, 0.1) is 0 Å². The predicted molar refractivity (Wildman–Crippen MR) is 97.5 cm³/mol. The van der Waals surface area contributed by atoms with E-state index in [0.717, 1.165) is 10.9 Å². The normalized spacial score (nSPS) is 14.6. The Labute approximate surface area is 136 Å². The second-order valence-electron chi connectivity index (χ2n) is 5.60. The van der Waals surface area contributed by atoms with Crippen LogP contribution in [0.25, 0.3) is 0 Å². The van der Waals surface area contributed by atoms with Gasteiger partial charge in [-0.2, -0.15) is 0 Å². The molecular weight excluding hydrogens is 321 g/mol. The fourth-order valence-corrected chi connectivity index (χ4v) is 3.52. The van der Waals surface area contributed by atoms with Gasteiger partial charge in [-0.15, -0.1) is 0 Å². The number of allylic oxidation sites excluding steroid dienone is 2. The van der Waals surface area contributed by atoms with Gasteiger partial charge in [0.05, 0.1) is 0 Å². The van der Waals surface area contributed by atoms with Gasteiger partial charge < -0.3 is 4.90 Å². The third-order valence-electron chi connectivity index (χ3n) is 3.85. The third-order valence-corrected chi connectivity index (χ3v) is 4.31. The third kappa shape index (κ3) is 3.41. The summed E-state index contributed by atoms with van der Waals surface area (Å²) in [4.78, 5) is 2.40. The van der Waals surface area contributed by atoms with Crippen molar-refractivity contribution >= 4 is 40.6 Å². The fraction of sp³-hybridized carbons (Fsp3) is 0.222. The molecule has 0 spiro atoms. The molecule has 3 heteroatoms. The van der Waals surface area contributed by atoms with Crippen molar-refractivity contribution in [2.45, 2.75) is 25.7 Å². The van der Waals surface area contributed by atoms with Crippen molar-refractivity contribution in [1.82, 2.24) is 0 Å². The molecule has 0 atom stereocenters. The lowest BCUT2D eigenvalue weighted by Gasteiger charge is -2.30. The van der Waals surface area contributed by atoms with Crippen LogP contribution < -0.4 is 10.4 Å². The average Bonchev–Trinajstić information content (AvgIpc) is 2.49. The molecule has 0 aliphatic heterocycles. The zero-order chi connectivity index (χ0) is 14.7. The van der Waals surface area contributed by atoms with Gasteiger partial charge in [-0.1, -0.05) is 51.7 Å². The largest absolute Gasteiger partial charge is 0.315 e. The van der Waals surface area contributed by atoms with Crippen LogP contribution in [0.2, 0.25) is 0 Å². The zero-order valence-corrected chi connectivity index (χ0v) is 13.9. The molecule has 0 fully saturated rings. The molecule has 0 bridgehead atoms. The molecule has 0 amide bonds. The Bertz CT molecular complexity index is 631. The van der Waals surface area contributed by atoms with Gasteiger partial charge in [0.15, 0.2) is 0 Å². The Morgan fingerprint density at radius 1 is 0.952 bits per heavy atom. The summed E-state index contributed by atoms with van der Waals surface area (Å²) < 4.78 is 1.13. The molecule has 2 aromatic rings. The number of rotatable bonds is 3. The maximum absolute atomic E-state index is 3.63. The van der Waals surface area contributed by atoms with Gasteiger partial charge >= 0.3 is 0 Å². The summed E-state index contributed by atoms with van der Waals surface area (Å²) in [5.41, 5.74) is 5.17. The van der Waals surface area contributed by atoms with E-state index in [1.165, 1.54) is 41.8 Å². The summed E-state index contributed by atoms with van der Waals surface area (Å²) in [7, 11) is 2.15. The summed E-state index contributed by atoms with van der Waals surface area (Å²) in [5, 5.41) is 0. The smallest absolute Gasteiger partial charge is 0.139 e. The molecule has 0 radical (unpaired) electrons. The minimum absolute atomic E-state index is 1.13. The van der Waals surface area contributed by atoms with E-state index in [4.69, 9.17) is 0 Å². The molecule has 0 saturated heterocycles. The number of para-hydroxylation sites is 1. The minimum atomic E-state index is 1.13. The van der Waals surface area contributed by atoms with Gasteiger partial charge in [0, 0.05) is 21.5 Å². The fourth-order valence-electron chi connectivity index (χ4n) is 2.93. The molecule has 106 valence electrons. The van der Waals surface area contributed by atoms with Gasteiger partial charge in [-0.3, -0.25) is 0 Å². The van der Waals surface area contributed by atoms with Crippen molar-refractivity contribution in [2.24, 2.45) is 0 Å². The first kappa shape index (κ1) is 14.5. The second-order valence-corrected chi connectivity index (χ2v) is 6.51. The monoisotopic (exact) mass is 339 g/mol. The Morgan fingerprint density at radius 3 is 2.43 bits per heavy atom. The van der Waals surface area contributed by atoms with Crippen molar-refractivity contribution in [3.8, 4) is 0 Å². The topological polar surface area (TPSA) is 3.24 Å². The second kappa shape index (κ2) is 6.53.